The van der Waals surface area contributed by atoms with Crippen molar-refractivity contribution < 1.29 is 9.84 Å². The summed E-state index contributed by atoms with van der Waals surface area (Å²) in [6.07, 6.45) is 0.822. The lowest BCUT2D eigenvalue weighted by atomic mass is 10.3. The average molecular weight is 188 g/mol. The molecule has 1 aliphatic heterocycles. The standard InChI is InChI=1S/C9H20N2O2/c1-13-8-9(12)7-11-5-2-3-10-4-6-11/h9-10,12H,2-8H2,1H3. The fourth-order valence-electron chi connectivity index (χ4n) is 1.63. The number of methoxy groups -OCH3 is 1. The Morgan fingerprint density at radius 2 is 2.31 bits per heavy atom. The number of ether oxygens (including phenoxy) is 1. The first-order valence-electron chi connectivity index (χ1n) is 4.93. The number of rotatable bonds is 4. The molecule has 0 aromatic rings. The summed E-state index contributed by atoms with van der Waals surface area (Å²) in [4.78, 5) is 2.28. The molecule has 1 fully saturated rings. The van der Waals surface area contributed by atoms with Crippen LogP contribution in [0.2, 0.25) is 0 Å². The topological polar surface area (TPSA) is 44.7 Å². The van der Waals surface area contributed by atoms with Crippen LogP contribution >= 0.6 is 0 Å². The van der Waals surface area contributed by atoms with Crippen LogP contribution in [0.25, 0.3) is 0 Å². The maximum Gasteiger partial charge on any atom is 0.0900 e. The van der Waals surface area contributed by atoms with Gasteiger partial charge in [-0.3, -0.25) is 4.90 Å². The van der Waals surface area contributed by atoms with Crippen molar-refractivity contribution in [2.75, 3.05) is 46.4 Å². The van der Waals surface area contributed by atoms with E-state index in [0.717, 1.165) is 32.7 Å². The Balaban J connectivity index is 2.17. The zero-order chi connectivity index (χ0) is 9.52. The van der Waals surface area contributed by atoms with Crippen molar-refractivity contribution in [3.63, 3.8) is 0 Å². The van der Waals surface area contributed by atoms with Crippen molar-refractivity contribution in [2.45, 2.75) is 12.5 Å². The van der Waals surface area contributed by atoms with E-state index in [-0.39, 0.29) is 6.10 Å². The summed E-state index contributed by atoms with van der Waals surface area (Å²) in [6.45, 7) is 5.39. The van der Waals surface area contributed by atoms with Crippen molar-refractivity contribution in [3.05, 3.63) is 0 Å². The van der Waals surface area contributed by atoms with Gasteiger partial charge in [-0.2, -0.15) is 0 Å². The van der Waals surface area contributed by atoms with E-state index >= 15 is 0 Å². The Kier molecular flexibility index (Phi) is 5.31. The van der Waals surface area contributed by atoms with E-state index in [0.29, 0.717) is 6.61 Å². The van der Waals surface area contributed by atoms with Gasteiger partial charge in [0.1, 0.15) is 0 Å². The quantitative estimate of drug-likeness (QED) is 0.612. The molecule has 0 aromatic heterocycles. The predicted octanol–water partition coefficient (Wildman–Crippen LogP) is -0.711. The van der Waals surface area contributed by atoms with E-state index in [1.807, 2.05) is 0 Å². The fraction of sp³-hybridized carbons (Fsp3) is 1.00. The van der Waals surface area contributed by atoms with Gasteiger partial charge < -0.3 is 15.2 Å². The highest BCUT2D eigenvalue weighted by atomic mass is 16.5. The van der Waals surface area contributed by atoms with E-state index in [9.17, 15) is 5.11 Å². The molecular formula is C9H20N2O2. The number of β-amino-alcohol motifs (C(OH)–C–C–N with tert-alkyl or cyclic N) is 1. The molecule has 1 unspecified atom stereocenters. The Bertz CT molecular complexity index is 125. The summed E-state index contributed by atoms with van der Waals surface area (Å²) in [7, 11) is 1.62. The van der Waals surface area contributed by atoms with Crippen LogP contribution in [0.3, 0.4) is 0 Å². The third kappa shape index (κ3) is 4.57. The molecule has 1 atom stereocenters. The first-order chi connectivity index (χ1) is 6.33. The number of aliphatic hydroxyl groups excluding tert-OH is 1. The maximum atomic E-state index is 9.51. The third-order valence-corrected chi connectivity index (χ3v) is 2.26. The monoisotopic (exact) mass is 188 g/mol. The van der Waals surface area contributed by atoms with Crippen LogP contribution in [0.1, 0.15) is 6.42 Å². The predicted molar refractivity (Wildman–Crippen MR) is 51.8 cm³/mol. The fourth-order valence-corrected chi connectivity index (χ4v) is 1.63. The molecule has 13 heavy (non-hydrogen) atoms. The molecule has 1 saturated heterocycles. The van der Waals surface area contributed by atoms with Crippen LogP contribution in [-0.4, -0.2) is 62.6 Å². The number of aliphatic hydroxyl groups is 1. The van der Waals surface area contributed by atoms with Crippen molar-refractivity contribution in [2.24, 2.45) is 0 Å². The van der Waals surface area contributed by atoms with E-state index in [4.69, 9.17) is 4.74 Å². The lowest BCUT2D eigenvalue weighted by Gasteiger charge is -2.22. The molecule has 2 N–H and O–H groups in total. The van der Waals surface area contributed by atoms with E-state index in [1.54, 1.807) is 7.11 Å². The lowest BCUT2D eigenvalue weighted by molar-refractivity contribution is 0.0392. The molecule has 0 bridgehead atoms. The minimum atomic E-state index is -0.344. The van der Waals surface area contributed by atoms with Crippen LogP contribution in [-0.2, 0) is 4.74 Å². The smallest absolute Gasteiger partial charge is 0.0900 e. The summed E-state index contributed by atoms with van der Waals surface area (Å²) < 4.78 is 4.88. The molecule has 1 heterocycles. The molecule has 0 spiro atoms. The van der Waals surface area contributed by atoms with Crippen LogP contribution in [0, 0.1) is 0 Å². The molecule has 0 radical (unpaired) electrons. The Morgan fingerprint density at radius 1 is 1.46 bits per heavy atom. The van der Waals surface area contributed by atoms with Crippen LogP contribution < -0.4 is 5.32 Å². The van der Waals surface area contributed by atoms with Gasteiger partial charge in [-0.15, -0.1) is 0 Å². The van der Waals surface area contributed by atoms with Gasteiger partial charge in [0.25, 0.3) is 0 Å². The number of nitrogens with one attached hydrogen (secondary N) is 1. The Morgan fingerprint density at radius 3 is 3.08 bits per heavy atom. The largest absolute Gasteiger partial charge is 0.389 e. The molecule has 0 amide bonds. The Labute approximate surface area is 79.9 Å². The van der Waals surface area contributed by atoms with Crippen molar-refractivity contribution in [1.82, 2.24) is 10.2 Å². The summed E-state index contributed by atoms with van der Waals surface area (Å²) in [6, 6.07) is 0. The van der Waals surface area contributed by atoms with Crippen molar-refractivity contribution >= 4 is 0 Å². The maximum absolute atomic E-state index is 9.51. The first kappa shape index (κ1) is 10.9. The van der Waals surface area contributed by atoms with Gasteiger partial charge in [0.2, 0.25) is 0 Å². The summed E-state index contributed by atoms with van der Waals surface area (Å²) in [5.74, 6) is 0. The van der Waals surface area contributed by atoms with E-state index < -0.39 is 0 Å². The Hall–Kier alpha value is -0.160. The van der Waals surface area contributed by atoms with Gasteiger partial charge in [-0.05, 0) is 19.5 Å². The highest BCUT2D eigenvalue weighted by Crippen LogP contribution is 1.97. The highest BCUT2D eigenvalue weighted by molar-refractivity contribution is 4.69. The molecule has 4 heteroatoms. The summed E-state index contributed by atoms with van der Waals surface area (Å²) in [5.41, 5.74) is 0. The zero-order valence-electron chi connectivity index (χ0n) is 8.33. The lowest BCUT2D eigenvalue weighted by Crippen LogP contribution is -2.36. The molecular weight excluding hydrogens is 168 g/mol. The minimum Gasteiger partial charge on any atom is -0.389 e. The van der Waals surface area contributed by atoms with Crippen molar-refractivity contribution in [3.8, 4) is 0 Å². The van der Waals surface area contributed by atoms with Crippen LogP contribution in [0.5, 0.6) is 0 Å². The normalized spacial score (nSPS) is 22.6. The molecule has 1 rings (SSSR count). The molecule has 0 aromatic carbocycles. The number of nitrogens with zero attached hydrogens (tertiary/aromatic N) is 1. The second kappa shape index (κ2) is 6.32. The molecule has 1 aliphatic rings. The van der Waals surface area contributed by atoms with Crippen LogP contribution in [0.15, 0.2) is 0 Å². The first-order valence-corrected chi connectivity index (χ1v) is 4.93. The van der Waals surface area contributed by atoms with Crippen molar-refractivity contribution in [1.29, 1.82) is 0 Å². The summed E-state index contributed by atoms with van der Waals surface area (Å²) >= 11 is 0. The van der Waals surface area contributed by atoms with E-state index in [2.05, 4.69) is 10.2 Å². The second-order valence-corrected chi connectivity index (χ2v) is 3.51. The molecule has 0 aliphatic carbocycles. The van der Waals surface area contributed by atoms with Gasteiger partial charge in [0.05, 0.1) is 12.7 Å². The van der Waals surface area contributed by atoms with Crippen LogP contribution in [0.4, 0.5) is 0 Å². The average Bonchev–Trinajstić information content (AvgIpc) is 2.33. The molecule has 78 valence electrons. The summed E-state index contributed by atoms with van der Waals surface area (Å²) in [5, 5.41) is 12.8. The molecule has 4 nitrogen and oxygen atoms in total. The SMILES string of the molecule is COCC(O)CN1CCCNCC1. The van der Waals surface area contributed by atoms with E-state index in [1.165, 1.54) is 6.42 Å². The van der Waals surface area contributed by atoms with Gasteiger partial charge >= 0.3 is 0 Å². The van der Waals surface area contributed by atoms with Gasteiger partial charge in [-0.25, -0.2) is 0 Å². The number of hydrogen-bond acceptors (Lipinski definition) is 4. The zero-order valence-corrected chi connectivity index (χ0v) is 8.33. The molecule has 0 saturated carbocycles. The van der Waals surface area contributed by atoms with Gasteiger partial charge in [0, 0.05) is 26.7 Å². The van der Waals surface area contributed by atoms with Gasteiger partial charge in [0.15, 0.2) is 0 Å². The second-order valence-electron chi connectivity index (χ2n) is 3.51. The number of hydrogen-bond donors (Lipinski definition) is 2. The minimum absolute atomic E-state index is 0.344. The van der Waals surface area contributed by atoms with Gasteiger partial charge in [-0.1, -0.05) is 0 Å². The third-order valence-electron chi connectivity index (χ3n) is 2.26. The highest BCUT2D eigenvalue weighted by Gasteiger charge is 2.12.